The second-order valence-corrected chi connectivity index (χ2v) is 11.6. The highest BCUT2D eigenvalue weighted by molar-refractivity contribution is 7.86. The van der Waals surface area contributed by atoms with Crippen LogP contribution in [-0.2, 0) is 15.0 Å². The Balaban J connectivity index is 1.69. The van der Waals surface area contributed by atoms with Crippen molar-refractivity contribution in [3.05, 3.63) is 53.6 Å². The van der Waals surface area contributed by atoms with Crippen molar-refractivity contribution in [2.45, 2.75) is 25.3 Å². The first-order chi connectivity index (χ1) is 17.7. The summed E-state index contributed by atoms with van der Waals surface area (Å²) >= 11 is 0. The van der Waals surface area contributed by atoms with Crippen LogP contribution in [0.2, 0.25) is 0 Å². The van der Waals surface area contributed by atoms with Crippen molar-refractivity contribution in [1.82, 2.24) is 13.5 Å². The highest BCUT2D eigenvalue weighted by Gasteiger charge is 2.47. The molecule has 0 saturated carbocycles. The van der Waals surface area contributed by atoms with Gasteiger partial charge in [0, 0.05) is 52.2 Å². The summed E-state index contributed by atoms with van der Waals surface area (Å²) < 4.78 is 44.8. The summed E-state index contributed by atoms with van der Waals surface area (Å²) in [6.45, 7) is 3.55. The van der Waals surface area contributed by atoms with Crippen LogP contribution in [0.3, 0.4) is 0 Å². The molecule has 2 aliphatic rings. The van der Waals surface area contributed by atoms with Crippen molar-refractivity contribution in [2.24, 2.45) is 5.92 Å². The van der Waals surface area contributed by atoms with Gasteiger partial charge in [-0.2, -0.15) is 17.0 Å². The van der Waals surface area contributed by atoms with Crippen molar-refractivity contribution in [3.8, 4) is 17.2 Å². The molecule has 3 atom stereocenters. The molecule has 2 heterocycles. The average Bonchev–Trinajstić information content (AvgIpc) is 3.50. The molecule has 2 aromatic carbocycles. The number of fused-ring (bicyclic) bond motifs is 1. The zero-order chi connectivity index (χ0) is 26.7. The van der Waals surface area contributed by atoms with Crippen molar-refractivity contribution >= 4 is 16.2 Å². The van der Waals surface area contributed by atoms with Crippen molar-refractivity contribution in [3.63, 3.8) is 0 Å². The van der Waals surface area contributed by atoms with Gasteiger partial charge < -0.3 is 19.3 Å². The van der Waals surface area contributed by atoms with E-state index in [-0.39, 0.29) is 19.3 Å². The van der Waals surface area contributed by atoms with E-state index in [9.17, 15) is 18.3 Å². The molecule has 4 rings (SSSR count). The van der Waals surface area contributed by atoms with Crippen LogP contribution in [0.4, 0.5) is 0 Å². The average molecular weight is 534 g/mol. The number of aliphatic carboxylic acids is 1. The van der Waals surface area contributed by atoms with E-state index in [2.05, 4.69) is 4.90 Å². The van der Waals surface area contributed by atoms with Crippen LogP contribution in [0.5, 0.6) is 17.2 Å². The molecule has 0 aliphatic carbocycles. The second-order valence-electron chi connectivity index (χ2n) is 9.49. The number of carboxylic acid groups (broad SMARTS) is 1. The highest BCUT2D eigenvalue weighted by atomic mass is 32.2. The van der Waals surface area contributed by atoms with Gasteiger partial charge in [0.05, 0.1) is 13.0 Å². The van der Waals surface area contributed by atoms with Crippen LogP contribution in [0.15, 0.2) is 42.5 Å². The number of hydrogen-bond acceptors (Lipinski definition) is 7. The lowest BCUT2D eigenvalue weighted by molar-refractivity contribution is -0.143. The Labute approximate surface area is 218 Å². The van der Waals surface area contributed by atoms with E-state index in [1.165, 1.54) is 22.7 Å². The lowest BCUT2D eigenvalue weighted by Crippen LogP contribution is -2.44. The Morgan fingerprint density at radius 1 is 1.08 bits per heavy atom. The summed E-state index contributed by atoms with van der Waals surface area (Å²) in [5.41, 5.74) is 1.69. The molecule has 0 amide bonds. The quantitative estimate of drug-likeness (QED) is 0.470. The molecule has 2 aromatic rings. The minimum Gasteiger partial charge on any atom is -0.497 e. The van der Waals surface area contributed by atoms with E-state index in [0.717, 1.165) is 11.1 Å². The van der Waals surface area contributed by atoms with Crippen LogP contribution in [0, 0.1) is 5.92 Å². The lowest BCUT2D eigenvalue weighted by Gasteiger charge is -2.31. The summed E-state index contributed by atoms with van der Waals surface area (Å²) in [5.74, 6) is -0.0624. The molecule has 202 valence electrons. The topological polar surface area (TPSA) is 109 Å². The van der Waals surface area contributed by atoms with Crippen molar-refractivity contribution < 1.29 is 32.5 Å². The molecule has 2 aliphatic heterocycles. The fourth-order valence-corrected chi connectivity index (χ4v) is 6.39. The predicted molar refractivity (Wildman–Crippen MR) is 138 cm³/mol. The second kappa shape index (κ2) is 11.3. The summed E-state index contributed by atoms with van der Waals surface area (Å²) in [6, 6.07) is 12.5. The largest absolute Gasteiger partial charge is 0.497 e. The SMILES string of the molecule is CCCN(CCN1CC(c2ccc3c(c2)OCO3)C(C(=O)O)C1c1ccc(OC)cc1)S(=O)(=O)N(C)C. The molecule has 37 heavy (non-hydrogen) atoms. The number of nitrogens with zero attached hydrogens (tertiary/aromatic N) is 3. The number of rotatable bonds is 11. The zero-order valence-electron chi connectivity index (χ0n) is 21.7. The molecule has 0 bridgehead atoms. The maximum absolute atomic E-state index is 12.9. The fraction of sp³-hybridized carbons (Fsp3) is 0.500. The van der Waals surface area contributed by atoms with Crippen LogP contribution >= 0.6 is 0 Å². The maximum Gasteiger partial charge on any atom is 0.309 e. The smallest absolute Gasteiger partial charge is 0.309 e. The number of benzene rings is 2. The Morgan fingerprint density at radius 3 is 2.38 bits per heavy atom. The molecule has 1 N–H and O–H groups in total. The van der Waals surface area contributed by atoms with E-state index < -0.39 is 28.1 Å². The van der Waals surface area contributed by atoms with Crippen LogP contribution in [0.1, 0.15) is 36.4 Å². The number of ether oxygens (including phenoxy) is 3. The van der Waals surface area contributed by atoms with Gasteiger partial charge in [-0.3, -0.25) is 9.69 Å². The Morgan fingerprint density at radius 2 is 1.76 bits per heavy atom. The highest BCUT2D eigenvalue weighted by Crippen LogP contribution is 2.47. The van der Waals surface area contributed by atoms with E-state index in [1.54, 1.807) is 7.11 Å². The van der Waals surface area contributed by atoms with E-state index >= 15 is 0 Å². The molecule has 0 radical (unpaired) electrons. The van der Waals surface area contributed by atoms with Crippen LogP contribution < -0.4 is 14.2 Å². The number of methoxy groups -OCH3 is 1. The number of carbonyl (C=O) groups is 1. The van der Waals surface area contributed by atoms with E-state index in [1.807, 2.05) is 49.4 Å². The number of carboxylic acids is 1. The Hall–Kier alpha value is -2.86. The van der Waals surface area contributed by atoms with Gasteiger partial charge >= 0.3 is 5.97 Å². The van der Waals surface area contributed by atoms with Crippen LogP contribution in [-0.4, -0.2) is 87.2 Å². The first kappa shape index (κ1) is 27.2. The third-order valence-corrected chi connectivity index (χ3v) is 9.00. The van der Waals surface area contributed by atoms with Gasteiger partial charge in [0.1, 0.15) is 5.75 Å². The monoisotopic (exact) mass is 533 g/mol. The van der Waals surface area contributed by atoms with Crippen molar-refractivity contribution in [2.75, 3.05) is 54.2 Å². The van der Waals surface area contributed by atoms with Gasteiger partial charge in [-0.25, -0.2) is 0 Å². The first-order valence-electron chi connectivity index (χ1n) is 12.3. The van der Waals surface area contributed by atoms with Gasteiger partial charge in [-0.15, -0.1) is 0 Å². The number of likely N-dealkylation sites (tertiary alicyclic amines) is 1. The van der Waals surface area contributed by atoms with Crippen molar-refractivity contribution in [1.29, 1.82) is 0 Å². The van der Waals surface area contributed by atoms with Gasteiger partial charge in [-0.1, -0.05) is 25.1 Å². The summed E-state index contributed by atoms with van der Waals surface area (Å²) in [6.07, 6.45) is 0.673. The summed E-state index contributed by atoms with van der Waals surface area (Å²) in [7, 11) is 1.01. The molecule has 1 fully saturated rings. The normalized spacial score (nSPS) is 21.6. The zero-order valence-corrected chi connectivity index (χ0v) is 22.5. The molecule has 0 aromatic heterocycles. The standard InChI is InChI=1S/C26H35N3O7S/c1-5-12-29(37(32,33)27(2)3)14-13-28-16-21(19-8-11-22-23(15-19)36-17-35-22)24(26(30)31)25(28)18-6-9-20(34-4)10-7-18/h6-11,15,21,24-25H,5,12-14,16-17H2,1-4H3,(H,30,31). The third-order valence-electron chi connectivity index (χ3n) is 7.06. The van der Waals surface area contributed by atoms with Gasteiger partial charge in [-0.05, 0) is 41.8 Å². The van der Waals surface area contributed by atoms with E-state index in [4.69, 9.17) is 14.2 Å². The fourth-order valence-electron chi connectivity index (χ4n) is 5.20. The molecule has 11 heteroatoms. The minimum absolute atomic E-state index is 0.139. The van der Waals surface area contributed by atoms with E-state index in [0.29, 0.717) is 43.3 Å². The van der Waals surface area contributed by atoms with Crippen LogP contribution in [0.25, 0.3) is 0 Å². The molecule has 10 nitrogen and oxygen atoms in total. The van der Waals surface area contributed by atoms with Gasteiger partial charge in [0.15, 0.2) is 11.5 Å². The van der Waals surface area contributed by atoms with Gasteiger partial charge in [0.25, 0.3) is 10.2 Å². The molecule has 0 spiro atoms. The predicted octanol–water partition coefficient (Wildman–Crippen LogP) is 2.78. The first-order valence-corrected chi connectivity index (χ1v) is 13.7. The van der Waals surface area contributed by atoms with Gasteiger partial charge in [0.2, 0.25) is 6.79 Å². The lowest BCUT2D eigenvalue weighted by atomic mass is 9.82. The molecular formula is C26H35N3O7S. The molecule has 1 saturated heterocycles. The Bertz CT molecular complexity index is 1200. The number of hydrogen-bond donors (Lipinski definition) is 1. The third kappa shape index (κ3) is 5.54. The molecular weight excluding hydrogens is 498 g/mol. The summed E-state index contributed by atoms with van der Waals surface area (Å²) in [5, 5.41) is 10.4. The molecule has 3 unspecified atom stereocenters. The Kier molecular flexibility index (Phi) is 8.27. The minimum atomic E-state index is -3.61. The maximum atomic E-state index is 12.9. The summed E-state index contributed by atoms with van der Waals surface area (Å²) in [4.78, 5) is 14.8.